The molecule has 0 radical (unpaired) electrons. The van der Waals surface area contributed by atoms with E-state index in [0.717, 1.165) is 12.8 Å². The van der Waals surface area contributed by atoms with E-state index in [0.29, 0.717) is 23.7 Å². The Kier molecular flexibility index (Phi) is 4.34. The van der Waals surface area contributed by atoms with E-state index in [1.807, 2.05) is 0 Å². The molecule has 0 atom stereocenters. The second-order valence-corrected chi connectivity index (χ2v) is 5.06. The fraction of sp³-hybridized carbons (Fsp3) is 0.533. The van der Waals surface area contributed by atoms with Crippen molar-refractivity contribution < 1.29 is 13.9 Å². The number of carbonyl (C=O) groups excluding carboxylic acids is 1. The Morgan fingerprint density at radius 1 is 1.33 bits per heavy atom. The molecule has 0 spiro atoms. The molecule has 0 amide bonds. The predicted molar refractivity (Wildman–Crippen MR) is 68.0 cm³/mol. The zero-order chi connectivity index (χ0) is 13.0. The third kappa shape index (κ3) is 3.31. The van der Waals surface area contributed by atoms with Gasteiger partial charge in [0, 0.05) is 0 Å². The highest BCUT2D eigenvalue weighted by Crippen LogP contribution is 2.24. The van der Waals surface area contributed by atoms with Crippen molar-refractivity contribution in [3.63, 3.8) is 0 Å². The molecule has 2 nitrogen and oxygen atoms in total. The van der Waals surface area contributed by atoms with Crippen molar-refractivity contribution in [3.05, 3.63) is 35.1 Å². The number of esters is 1. The number of aryl methyl sites for hydroxylation is 1. The van der Waals surface area contributed by atoms with E-state index >= 15 is 0 Å². The normalized spacial score (nSPS) is 16.6. The van der Waals surface area contributed by atoms with Crippen LogP contribution < -0.4 is 0 Å². The van der Waals surface area contributed by atoms with Gasteiger partial charge < -0.3 is 4.74 Å². The van der Waals surface area contributed by atoms with Crippen LogP contribution in [0.2, 0.25) is 0 Å². The first kappa shape index (κ1) is 13.1. The van der Waals surface area contributed by atoms with Crippen molar-refractivity contribution in [2.45, 2.75) is 39.0 Å². The van der Waals surface area contributed by atoms with Gasteiger partial charge in [-0.3, -0.25) is 0 Å². The van der Waals surface area contributed by atoms with Crippen molar-refractivity contribution in [2.24, 2.45) is 5.92 Å². The molecule has 1 aromatic rings. The number of hydrogen-bond acceptors (Lipinski definition) is 2. The minimum Gasteiger partial charge on any atom is -0.462 e. The van der Waals surface area contributed by atoms with E-state index in [1.165, 1.54) is 37.5 Å². The Balaban J connectivity index is 1.90. The molecule has 0 unspecified atom stereocenters. The summed E-state index contributed by atoms with van der Waals surface area (Å²) in [6, 6.07) is 4.15. The van der Waals surface area contributed by atoms with Crippen molar-refractivity contribution in [1.29, 1.82) is 0 Å². The molecule has 2 rings (SSSR count). The molecule has 98 valence electrons. The highest BCUT2D eigenvalue weighted by molar-refractivity contribution is 5.90. The molecule has 0 aliphatic heterocycles. The molecular weight excluding hydrogens is 231 g/mol. The van der Waals surface area contributed by atoms with Gasteiger partial charge in [0.25, 0.3) is 0 Å². The van der Waals surface area contributed by atoms with Gasteiger partial charge in [0.05, 0.1) is 12.2 Å². The van der Waals surface area contributed by atoms with Crippen molar-refractivity contribution in [2.75, 3.05) is 6.61 Å². The summed E-state index contributed by atoms with van der Waals surface area (Å²) in [6.45, 7) is 2.22. The van der Waals surface area contributed by atoms with Gasteiger partial charge in [-0.05, 0) is 49.4 Å². The summed E-state index contributed by atoms with van der Waals surface area (Å²) >= 11 is 0. The predicted octanol–water partition coefficient (Wildman–Crippen LogP) is 3.87. The van der Waals surface area contributed by atoms with Gasteiger partial charge in [0.1, 0.15) is 5.82 Å². The fourth-order valence-corrected chi connectivity index (χ4v) is 2.48. The maximum atomic E-state index is 12.9. The molecule has 1 aliphatic rings. The van der Waals surface area contributed by atoms with Crippen molar-refractivity contribution >= 4 is 5.97 Å². The van der Waals surface area contributed by atoms with E-state index < -0.39 is 0 Å². The first-order valence-corrected chi connectivity index (χ1v) is 6.60. The maximum Gasteiger partial charge on any atom is 0.338 e. The van der Waals surface area contributed by atoms with Gasteiger partial charge in [-0.25, -0.2) is 9.18 Å². The van der Waals surface area contributed by atoms with Crippen LogP contribution in [0.25, 0.3) is 0 Å². The molecule has 0 saturated heterocycles. The summed E-state index contributed by atoms with van der Waals surface area (Å²) in [5, 5.41) is 0. The Labute approximate surface area is 107 Å². The molecule has 1 fully saturated rings. The van der Waals surface area contributed by atoms with Crippen LogP contribution in [0.1, 0.15) is 48.0 Å². The summed E-state index contributed by atoms with van der Waals surface area (Å²) in [6.07, 6.45) is 6.06. The smallest absolute Gasteiger partial charge is 0.338 e. The molecule has 3 heteroatoms. The lowest BCUT2D eigenvalue weighted by molar-refractivity contribution is 0.0409. The number of hydrogen-bond donors (Lipinski definition) is 0. The summed E-state index contributed by atoms with van der Waals surface area (Å²) < 4.78 is 18.3. The minimum absolute atomic E-state index is 0.323. The second kappa shape index (κ2) is 5.98. The second-order valence-electron chi connectivity index (χ2n) is 5.06. The van der Waals surface area contributed by atoms with Crippen molar-refractivity contribution in [3.8, 4) is 0 Å². The Morgan fingerprint density at radius 2 is 2.06 bits per heavy atom. The number of ether oxygens (including phenoxy) is 1. The molecule has 1 aromatic carbocycles. The minimum atomic E-state index is -0.335. The summed E-state index contributed by atoms with van der Waals surface area (Å²) in [4.78, 5) is 11.9. The van der Waals surface area contributed by atoms with Gasteiger partial charge in [0.2, 0.25) is 0 Å². The maximum absolute atomic E-state index is 12.9. The van der Waals surface area contributed by atoms with Crippen LogP contribution in [0.3, 0.4) is 0 Å². The highest BCUT2D eigenvalue weighted by Gasteiger charge is 2.17. The van der Waals surface area contributed by atoms with Crippen LogP contribution in [-0.4, -0.2) is 12.6 Å². The Morgan fingerprint density at radius 3 is 2.72 bits per heavy atom. The van der Waals surface area contributed by atoms with Gasteiger partial charge in [-0.15, -0.1) is 0 Å². The zero-order valence-corrected chi connectivity index (χ0v) is 10.7. The summed E-state index contributed by atoms with van der Waals surface area (Å²) in [7, 11) is 0. The van der Waals surface area contributed by atoms with Gasteiger partial charge in [-0.2, -0.15) is 0 Å². The van der Waals surface area contributed by atoms with E-state index in [9.17, 15) is 9.18 Å². The topological polar surface area (TPSA) is 26.3 Å². The monoisotopic (exact) mass is 250 g/mol. The molecule has 0 aromatic heterocycles. The molecule has 18 heavy (non-hydrogen) atoms. The van der Waals surface area contributed by atoms with Gasteiger partial charge in [0.15, 0.2) is 0 Å². The third-order valence-electron chi connectivity index (χ3n) is 3.58. The SMILES string of the molecule is Cc1cc(F)ccc1C(=O)OCC1CCCCC1. The van der Waals surface area contributed by atoms with E-state index in [1.54, 1.807) is 6.92 Å². The van der Waals surface area contributed by atoms with Crippen molar-refractivity contribution in [1.82, 2.24) is 0 Å². The highest BCUT2D eigenvalue weighted by atomic mass is 19.1. The van der Waals surface area contributed by atoms with E-state index in [-0.39, 0.29) is 11.8 Å². The first-order chi connectivity index (χ1) is 8.66. The Hall–Kier alpha value is -1.38. The van der Waals surface area contributed by atoms with Crippen LogP contribution in [0.4, 0.5) is 4.39 Å². The summed E-state index contributed by atoms with van der Waals surface area (Å²) in [5.41, 5.74) is 1.09. The number of benzene rings is 1. The standard InChI is InChI=1S/C15H19FO2/c1-11-9-13(16)7-8-14(11)15(17)18-10-12-5-3-2-4-6-12/h7-9,12H,2-6,10H2,1H3. The van der Waals surface area contributed by atoms with Gasteiger partial charge in [-0.1, -0.05) is 19.3 Å². The number of rotatable bonds is 3. The Bertz CT molecular complexity index is 423. The number of carbonyl (C=O) groups is 1. The lowest BCUT2D eigenvalue weighted by Gasteiger charge is -2.21. The third-order valence-corrected chi connectivity index (χ3v) is 3.58. The quantitative estimate of drug-likeness (QED) is 0.761. The zero-order valence-electron chi connectivity index (χ0n) is 10.7. The lowest BCUT2D eigenvalue weighted by atomic mass is 9.90. The molecule has 0 N–H and O–H groups in total. The number of halogens is 1. The van der Waals surface area contributed by atoms with Crippen LogP contribution in [0.15, 0.2) is 18.2 Å². The largest absolute Gasteiger partial charge is 0.462 e. The van der Waals surface area contributed by atoms with E-state index in [2.05, 4.69) is 0 Å². The molecule has 0 bridgehead atoms. The lowest BCUT2D eigenvalue weighted by Crippen LogP contribution is -2.17. The molecule has 1 saturated carbocycles. The van der Waals surface area contributed by atoms with E-state index in [4.69, 9.17) is 4.74 Å². The first-order valence-electron chi connectivity index (χ1n) is 6.60. The average Bonchev–Trinajstić information content (AvgIpc) is 2.37. The van der Waals surface area contributed by atoms with Crippen LogP contribution in [-0.2, 0) is 4.74 Å². The van der Waals surface area contributed by atoms with Crippen LogP contribution >= 0.6 is 0 Å². The molecular formula is C15H19FO2. The van der Waals surface area contributed by atoms with Gasteiger partial charge >= 0.3 is 5.97 Å². The molecule has 0 heterocycles. The van der Waals surface area contributed by atoms with Crippen LogP contribution in [0.5, 0.6) is 0 Å². The summed E-state index contributed by atoms with van der Waals surface area (Å²) in [5.74, 6) is -0.155. The van der Waals surface area contributed by atoms with Crippen LogP contribution in [0, 0.1) is 18.7 Å². The molecule has 1 aliphatic carbocycles. The average molecular weight is 250 g/mol. The fourth-order valence-electron chi connectivity index (χ4n) is 2.48.